The minimum absolute atomic E-state index is 0.185. The highest BCUT2D eigenvalue weighted by Crippen LogP contribution is 2.16. The molecule has 0 aliphatic carbocycles. The summed E-state index contributed by atoms with van der Waals surface area (Å²) in [5.41, 5.74) is 5.52. The van der Waals surface area contributed by atoms with Gasteiger partial charge in [0.2, 0.25) is 0 Å². The Hall–Kier alpha value is -0.220. The van der Waals surface area contributed by atoms with Gasteiger partial charge in [-0.15, -0.1) is 0 Å². The van der Waals surface area contributed by atoms with Crippen molar-refractivity contribution >= 4 is 0 Å². The summed E-state index contributed by atoms with van der Waals surface area (Å²) in [5, 5.41) is 2.74. The first-order valence-corrected chi connectivity index (χ1v) is 5.89. The average Bonchev–Trinajstić information content (AvgIpc) is 2.17. The molecule has 0 rings (SSSR count). The second-order valence-corrected chi connectivity index (χ2v) is 3.97. The fraction of sp³-hybridized carbons (Fsp3) is 1.00. The van der Waals surface area contributed by atoms with Gasteiger partial charge < -0.3 is 11.1 Å². The third-order valence-corrected chi connectivity index (χ3v) is 2.54. The van der Waals surface area contributed by atoms with Crippen LogP contribution in [0.2, 0.25) is 0 Å². The van der Waals surface area contributed by atoms with Gasteiger partial charge in [-0.1, -0.05) is 19.8 Å². The highest BCUT2D eigenvalue weighted by Gasteiger charge is 2.06. The lowest BCUT2D eigenvalue weighted by molar-refractivity contribution is 0.146. The van der Waals surface area contributed by atoms with Crippen LogP contribution in [-0.2, 0) is 0 Å². The molecule has 0 aromatic carbocycles. The molecule has 4 heteroatoms. The van der Waals surface area contributed by atoms with Crippen molar-refractivity contribution in [3.05, 3.63) is 0 Å². The van der Waals surface area contributed by atoms with Crippen LogP contribution in [0.4, 0.5) is 8.78 Å². The van der Waals surface area contributed by atoms with Crippen LogP contribution in [0.1, 0.15) is 39.0 Å². The zero-order valence-electron chi connectivity index (χ0n) is 9.64. The lowest BCUT2D eigenvalue weighted by atomic mass is 9.94. The number of alkyl halides is 2. The van der Waals surface area contributed by atoms with Crippen molar-refractivity contribution in [2.45, 2.75) is 45.5 Å². The molecule has 0 saturated heterocycles. The van der Waals surface area contributed by atoms with Crippen molar-refractivity contribution in [3.8, 4) is 0 Å². The number of nitrogens with two attached hydrogens (primary N) is 1. The molecule has 0 bridgehead atoms. The molecular weight excluding hydrogens is 198 g/mol. The quantitative estimate of drug-likeness (QED) is 0.557. The number of rotatable bonds is 10. The number of hydrogen-bond acceptors (Lipinski definition) is 2. The van der Waals surface area contributed by atoms with Crippen LogP contribution in [0, 0.1) is 5.92 Å². The van der Waals surface area contributed by atoms with Crippen LogP contribution < -0.4 is 11.1 Å². The third kappa shape index (κ3) is 10.1. The lowest BCUT2D eigenvalue weighted by Gasteiger charge is -2.14. The molecule has 2 nitrogen and oxygen atoms in total. The summed E-state index contributed by atoms with van der Waals surface area (Å²) in [6, 6.07) is 0. The van der Waals surface area contributed by atoms with Gasteiger partial charge in [-0.05, 0) is 38.3 Å². The largest absolute Gasteiger partial charge is 0.330 e. The number of hydrogen-bond donors (Lipinski definition) is 2. The van der Waals surface area contributed by atoms with Gasteiger partial charge in [0.05, 0.1) is 6.54 Å². The molecule has 1 unspecified atom stereocenters. The fourth-order valence-corrected chi connectivity index (χ4v) is 1.80. The van der Waals surface area contributed by atoms with Crippen LogP contribution >= 0.6 is 0 Å². The second-order valence-electron chi connectivity index (χ2n) is 3.97. The Bertz CT molecular complexity index is 126. The molecule has 1 atom stereocenters. The predicted molar refractivity (Wildman–Crippen MR) is 60.2 cm³/mol. The smallest absolute Gasteiger partial charge is 0.250 e. The molecule has 0 saturated carbocycles. The molecule has 0 aromatic heterocycles. The number of nitrogens with one attached hydrogen (secondary N) is 1. The first-order chi connectivity index (χ1) is 7.20. The topological polar surface area (TPSA) is 38.0 Å². The predicted octanol–water partition coefficient (Wildman–Crippen LogP) is 2.39. The van der Waals surface area contributed by atoms with Crippen molar-refractivity contribution in [1.82, 2.24) is 5.32 Å². The van der Waals surface area contributed by atoms with E-state index >= 15 is 0 Å². The van der Waals surface area contributed by atoms with E-state index in [4.69, 9.17) is 5.73 Å². The molecular formula is C11H24F2N2. The van der Waals surface area contributed by atoms with Crippen molar-refractivity contribution in [2.75, 3.05) is 19.6 Å². The summed E-state index contributed by atoms with van der Waals surface area (Å²) in [4.78, 5) is 0. The fourth-order valence-electron chi connectivity index (χ4n) is 1.80. The Labute approximate surface area is 91.6 Å². The van der Waals surface area contributed by atoms with E-state index in [1.807, 2.05) is 0 Å². The van der Waals surface area contributed by atoms with Crippen LogP contribution in [0.3, 0.4) is 0 Å². The van der Waals surface area contributed by atoms with Crippen molar-refractivity contribution in [2.24, 2.45) is 11.7 Å². The van der Waals surface area contributed by atoms with Gasteiger partial charge in [0.1, 0.15) is 0 Å². The summed E-state index contributed by atoms with van der Waals surface area (Å²) in [7, 11) is 0. The van der Waals surface area contributed by atoms with E-state index in [2.05, 4.69) is 12.2 Å². The Morgan fingerprint density at radius 2 is 1.93 bits per heavy atom. The average molecular weight is 222 g/mol. The van der Waals surface area contributed by atoms with Crippen molar-refractivity contribution in [3.63, 3.8) is 0 Å². The van der Waals surface area contributed by atoms with Gasteiger partial charge in [0.25, 0.3) is 6.43 Å². The molecule has 0 aliphatic heterocycles. The van der Waals surface area contributed by atoms with Crippen molar-refractivity contribution < 1.29 is 8.78 Å². The minimum Gasteiger partial charge on any atom is -0.330 e. The molecule has 3 N–H and O–H groups in total. The molecule has 92 valence electrons. The molecule has 0 fully saturated rings. The maximum atomic E-state index is 11.8. The van der Waals surface area contributed by atoms with Crippen LogP contribution in [0.25, 0.3) is 0 Å². The van der Waals surface area contributed by atoms with E-state index in [1.165, 1.54) is 12.8 Å². The Balaban J connectivity index is 3.36. The van der Waals surface area contributed by atoms with Crippen LogP contribution in [0.15, 0.2) is 0 Å². The van der Waals surface area contributed by atoms with Crippen molar-refractivity contribution in [1.29, 1.82) is 0 Å². The van der Waals surface area contributed by atoms with E-state index in [0.717, 1.165) is 25.8 Å². The third-order valence-electron chi connectivity index (χ3n) is 2.54. The SMILES string of the molecule is CCCC(CCN)CCCNCC(F)F. The first kappa shape index (κ1) is 14.8. The highest BCUT2D eigenvalue weighted by atomic mass is 19.3. The monoisotopic (exact) mass is 222 g/mol. The molecule has 0 heterocycles. The van der Waals surface area contributed by atoms with E-state index < -0.39 is 6.43 Å². The molecule has 0 aromatic rings. The molecule has 0 amide bonds. The van der Waals surface area contributed by atoms with E-state index in [9.17, 15) is 8.78 Å². The highest BCUT2D eigenvalue weighted by molar-refractivity contribution is 4.61. The van der Waals surface area contributed by atoms with Gasteiger partial charge in [-0.2, -0.15) is 0 Å². The maximum Gasteiger partial charge on any atom is 0.250 e. The molecule has 15 heavy (non-hydrogen) atoms. The molecule has 0 spiro atoms. The van der Waals surface area contributed by atoms with Gasteiger partial charge >= 0.3 is 0 Å². The lowest BCUT2D eigenvalue weighted by Crippen LogP contribution is -2.23. The summed E-state index contributed by atoms with van der Waals surface area (Å²) in [6.07, 6.45) is 3.27. The standard InChI is InChI=1S/C11H24F2N2/c1-2-4-10(6-7-14)5-3-8-15-9-11(12)13/h10-11,15H,2-9,14H2,1H3. The summed E-state index contributed by atoms with van der Waals surface area (Å²) < 4.78 is 23.6. The summed E-state index contributed by atoms with van der Waals surface area (Å²) in [5.74, 6) is 0.674. The minimum atomic E-state index is -2.24. The molecule has 0 radical (unpaired) electrons. The zero-order chi connectivity index (χ0) is 11.5. The van der Waals surface area contributed by atoms with E-state index in [-0.39, 0.29) is 6.54 Å². The van der Waals surface area contributed by atoms with E-state index in [0.29, 0.717) is 12.5 Å². The van der Waals surface area contributed by atoms with Gasteiger partial charge in [0.15, 0.2) is 0 Å². The first-order valence-electron chi connectivity index (χ1n) is 5.89. The second kappa shape index (κ2) is 10.3. The Kier molecular flexibility index (Phi) is 10.2. The zero-order valence-corrected chi connectivity index (χ0v) is 9.64. The van der Waals surface area contributed by atoms with Gasteiger partial charge in [-0.3, -0.25) is 0 Å². The maximum absolute atomic E-state index is 11.8. The van der Waals surface area contributed by atoms with Crippen LogP contribution in [-0.4, -0.2) is 26.1 Å². The number of halogens is 2. The Morgan fingerprint density at radius 1 is 1.20 bits per heavy atom. The normalized spacial score (nSPS) is 13.4. The Morgan fingerprint density at radius 3 is 2.47 bits per heavy atom. The van der Waals surface area contributed by atoms with Gasteiger partial charge in [0, 0.05) is 0 Å². The summed E-state index contributed by atoms with van der Waals surface area (Å²) >= 11 is 0. The van der Waals surface area contributed by atoms with E-state index in [1.54, 1.807) is 0 Å². The summed E-state index contributed by atoms with van der Waals surface area (Å²) in [6.45, 7) is 3.40. The molecule has 0 aliphatic rings. The van der Waals surface area contributed by atoms with Gasteiger partial charge in [-0.25, -0.2) is 8.78 Å². The van der Waals surface area contributed by atoms with Crippen LogP contribution in [0.5, 0.6) is 0 Å².